The Bertz CT molecular complexity index is 1190. The Morgan fingerprint density at radius 3 is 2.61 bits per heavy atom. The van der Waals surface area contributed by atoms with Gasteiger partial charge in [-0.15, -0.1) is 0 Å². The van der Waals surface area contributed by atoms with E-state index in [0.717, 1.165) is 55.1 Å². The summed E-state index contributed by atoms with van der Waals surface area (Å²) in [7, 11) is 0. The zero-order valence-corrected chi connectivity index (χ0v) is 18.3. The first-order valence-electron chi connectivity index (χ1n) is 11.5. The molecule has 3 aromatic rings. The molecular weight excluding hydrogens is 429 g/mol. The van der Waals surface area contributed by atoms with Crippen molar-refractivity contribution in [2.24, 2.45) is 5.73 Å². The van der Waals surface area contributed by atoms with E-state index in [2.05, 4.69) is 4.98 Å². The Balaban J connectivity index is 1.36. The van der Waals surface area contributed by atoms with Crippen LogP contribution < -0.4 is 10.5 Å². The molecule has 0 spiro atoms. The van der Waals surface area contributed by atoms with Gasteiger partial charge in [-0.2, -0.15) is 13.2 Å². The summed E-state index contributed by atoms with van der Waals surface area (Å²) >= 11 is 0. The molecule has 2 aliphatic carbocycles. The van der Waals surface area contributed by atoms with Crippen LogP contribution in [-0.2, 0) is 24.0 Å². The number of nitrogens with two attached hydrogens (primary N) is 1. The number of amides is 1. The van der Waals surface area contributed by atoms with Crippen molar-refractivity contribution >= 4 is 16.8 Å². The minimum absolute atomic E-state index is 0.00641. The third kappa shape index (κ3) is 4.33. The molecule has 0 bridgehead atoms. The first-order valence-corrected chi connectivity index (χ1v) is 11.5. The van der Waals surface area contributed by atoms with E-state index in [0.29, 0.717) is 23.3 Å². The van der Waals surface area contributed by atoms with Crippen molar-refractivity contribution in [3.05, 3.63) is 64.3 Å². The Hall–Kier alpha value is -2.96. The molecule has 33 heavy (non-hydrogen) atoms. The first-order chi connectivity index (χ1) is 15.8. The van der Waals surface area contributed by atoms with Gasteiger partial charge >= 0.3 is 6.18 Å². The number of primary amides is 1. The summed E-state index contributed by atoms with van der Waals surface area (Å²) < 4.78 is 47.1. The second-order valence-electron chi connectivity index (χ2n) is 9.32. The number of H-pyrrole nitrogens is 1. The van der Waals surface area contributed by atoms with Crippen LogP contribution in [-0.4, -0.2) is 10.9 Å². The molecule has 1 unspecified atom stereocenters. The van der Waals surface area contributed by atoms with Crippen LogP contribution in [0, 0.1) is 0 Å². The number of hydrogen-bond donors (Lipinski definition) is 2. The van der Waals surface area contributed by atoms with Gasteiger partial charge in [0.25, 0.3) is 0 Å². The third-order valence-corrected chi connectivity index (χ3v) is 7.13. The van der Waals surface area contributed by atoms with Crippen molar-refractivity contribution in [3.8, 4) is 5.75 Å². The van der Waals surface area contributed by atoms with E-state index >= 15 is 0 Å². The van der Waals surface area contributed by atoms with Crippen LogP contribution in [0.2, 0.25) is 0 Å². The fraction of sp³-hybridized carbons (Fsp3) is 0.423. The average Bonchev–Trinajstić information content (AvgIpc) is 3.49. The number of carbonyl (C=O) groups excluding carboxylic acids is 1. The summed E-state index contributed by atoms with van der Waals surface area (Å²) in [5.41, 5.74) is 8.95. The Morgan fingerprint density at radius 2 is 1.88 bits per heavy atom. The zero-order valence-electron chi connectivity index (χ0n) is 18.3. The highest BCUT2D eigenvalue weighted by molar-refractivity contribution is 5.87. The topological polar surface area (TPSA) is 68.1 Å². The predicted octanol–water partition coefficient (Wildman–Crippen LogP) is 6.33. The number of aromatic amines is 1. The van der Waals surface area contributed by atoms with Gasteiger partial charge in [0.05, 0.1) is 5.56 Å². The molecule has 0 saturated heterocycles. The molecule has 0 radical (unpaired) electrons. The minimum atomic E-state index is -4.38. The van der Waals surface area contributed by atoms with E-state index in [4.69, 9.17) is 10.5 Å². The minimum Gasteiger partial charge on any atom is -0.489 e. The van der Waals surface area contributed by atoms with Crippen LogP contribution in [0.5, 0.6) is 5.75 Å². The van der Waals surface area contributed by atoms with Gasteiger partial charge in [0.2, 0.25) is 5.91 Å². The molecule has 4 nitrogen and oxygen atoms in total. The predicted molar refractivity (Wildman–Crippen MR) is 120 cm³/mol. The molecule has 1 amide bonds. The molecule has 2 aromatic carbocycles. The van der Waals surface area contributed by atoms with E-state index in [-0.39, 0.29) is 24.3 Å². The fourth-order valence-electron chi connectivity index (χ4n) is 5.56. The van der Waals surface area contributed by atoms with Crippen LogP contribution >= 0.6 is 0 Å². The summed E-state index contributed by atoms with van der Waals surface area (Å²) in [4.78, 5) is 14.8. The van der Waals surface area contributed by atoms with Crippen LogP contribution in [0.1, 0.15) is 78.3 Å². The zero-order chi connectivity index (χ0) is 23.2. The third-order valence-electron chi connectivity index (χ3n) is 7.13. The maximum Gasteiger partial charge on any atom is 0.416 e. The summed E-state index contributed by atoms with van der Waals surface area (Å²) in [6, 6.07) is 10.3. The number of aromatic nitrogens is 1. The normalized spacial score (nSPS) is 18.7. The summed E-state index contributed by atoms with van der Waals surface area (Å²) in [5, 5.41) is 1.03. The largest absolute Gasteiger partial charge is 0.489 e. The molecule has 1 aromatic heterocycles. The molecule has 5 rings (SSSR count). The summed E-state index contributed by atoms with van der Waals surface area (Å²) in [6.07, 6.45) is 1.29. The summed E-state index contributed by atoms with van der Waals surface area (Å²) in [6.45, 7) is 0.0659. The fourth-order valence-corrected chi connectivity index (χ4v) is 5.56. The standard InChI is InChI=1S/C26H27F3N2O2/c27-26(28,29)22-11-15(5-8-19(22)16-3-1-2-4-16)14-33-18-7-10-23-21(13-18)20-9-6-17(12-24(30)32)25(20)31-23/h5,7-8,10-11,13,16-17,31H,1-4,6,9,12,14H2,(H2,30,32). The number of carbonyl (C=O) groups is 1. The van der Waals surface area contributed by atoms with Gasteiger partial charge in [-0.05, 0) is 72.6 Å². The van der Waals surface area contributed by atoms with Crippen molar-refractivity contribution < 1.29 is 22.7 Å². The van der Waals surface area contributed by atoms with Gasteiger partial charge < -0.3 is 15.5 Å². The lowest BCUT2D eigenvalue weighted by Crippen LogP contribution is -2.14. The number of aryl methyl sites for hydroxylation is 1. The van der Waals surface area contributed by atoms with Gasteiger partial charge in [-0.3, -0.25) is 4.79 Å². The van der Waals surface area contributed by atoms with E-state index in [9.17, 15) is 18.0 Å². The van der Waals surface area contributed by atoms with E-state index in [1.54, 1.807) is 12.1 Å². The van der Waals surface area contributed by atoms with Gasteiger partial charge in [0.15, 0.2) is 0 Å². The number of ether oxygens (including phenoxy) is 1. The van der Waals surface area contributed by atoms with Gasteiger partial charge in [-0.1, -0.05) is 25.0 Å². The van der Waals surface area contributed by atoms with E-state index < -0.39 is 11.7 Å². The van der Waals surface area contributed by atoms with Crippen LogP contribution in [0.25, 0.3) is 10.9 Å². The number of benzene rings is 2. The van der Waals surface area contributed by atoms with E-state index in [1.165, 1.54) is 11.6 Å². The Labute approximate surface area is 190 Å². The van der Waals surface area contributed by atoms with Gasteiger partial charge in [0, 0.05) is 28.9 Å². The molecule has 0 aliphatic heterocycles. The number of fused-ring (bicyclic) bond motifs is 3. The van der Waals surface area contributed by atoms with Crippen LogP contribution in [0.15, 0.2) is 36.4 Å². The quantitative estimate of drug-likeness (QED) is 0.455. The molecule has 1 fully saturated rings. The highest BCUT2D eigenvalue weighted by atomic mass is 19.4. The Morgan fingerprint density at radius 1 is 1.09 bits per heavy atom. The number of nitrogens with one attached hydrogen (secondary N) is 1. The van der Waals surface area contributed by atoms with Crippen LogP contribution in [0.3, 0.4) is 0 Å². The highest BCUT2D eigenvalue weighted by Gasteiger charge is 2.36. The van der Waals surface area contributed by atoms with Gasteiger partial charge in [-0.25, -0.2) is 0 Å². The Kier molecular flexibility index (Phi) is 5.59. The lowest BCUT2D eigenvalue weighted by Gasteiger charge is -2.19. The first kappa shape index (κ1) is 21.9. The number of rotatable bonds is 6. The summed E-state index contributed by atoms with van der Waals surface area (Å²) in [5.74, 6) is 0.394. The van der Waals surface area contributed by atoms with Crippen molar-refractivity contribution in [1.29, 1.82) is 0 Å². The molecule has 1 saturated carbocycles. The molecule has 174 valence electrons. The van der Waals surface area contributed by atoms with Crippen molar-refractivity contribution in [1.82, 2.24) is 4.98 Å². The van der Waals surface area contributed by atoms with Crippen LogP contribution in [0.4, 0.5) is 13.2 Å². The molecule has 1 heterocycles. The molecular formula is C26H27F3N2O2. The molecule has 1 atom stereocenters. The maximum atomic E-state index is 13.7. The SMILES string of the molecule is NC(=O)CC1CCc2c1[nH]c1ccc(OCc3ccc(C4CCCC4)c(C(F)(F)F)c3)cc21. The lowest BCUT2D eigenvalue weighted by atomic mass is 9.91. The number of hydrogen-bond acceptors (Lipinski definition) is 2. The molecule has 7 heteroatoms. The number of halogens is 3. The molecule has 3 N–H and O–H groups in total. The number of alkyl halides is 3. The smallest absolute Gasteiger partial charge is 0.416 e. The van der Waals surface area contributed by atoms with E-state index in [1.807, 2.05) is 18.2 Å². The maximum absolute atomic E-state index is 13.7. The van der Waals surface area contributed by atoms with Crippen molar-refractivity contribution in [2.75, 3.05) is 0 Å². The molecule has 2 aliphatic rings. The van der Waals surface area contributed by atoms with Gasteiger partial charge in [0.1, 0.15) is 12.4 Å². The second-order valence-corrected chi connectivity index (χ2v) is 9.32. The average molecular weight is 457 g/mol. The highest BCUT2D eigenvalue weighted by Crippen LogP contribution is 2.42. The van der Waals surface area contributed by atoms with Crippen molar-refractivity contribution in [2.45, 2.75) is 69.6 Å². The van der Waals surface area contributed by atoms with Crippen molar-refractivity contribution in [3.63, 3.8) is 0 Å². The monoisotopic (exact) mass is 456 g/mol. The lowest BCUT2D eigenvalue weighted by molar-refractivity contribution is -0.138. The second kappa shape index (κ2) is 8.43.